The van der Waals surface area contributed by atoms with Gasteiger partial charge in [-0.2, -0.15) is 0 Å². The molecule has 0 atom stereocenters. The first-order valence-electron chi connectivity index (χ1n) is 4.48. The van der Waals surface area contributed by atoms with E-state index in [-0.39, 0.29) is 6.03 Å². The van der Waals surface area contributed by atoms with E-state index in [0.717, 1.165) is 16.1 Å². The molecule has 0 aliphatic rings. The van der Waals surface area contributed by atoms with E-state index in [1.807, 2.05) is 24.3 Å². The largest absolute Gasteiger partial charge is 0.353 e. The SMILES string of the molecule is CON(C)C(=O)n1cnc2ccccc21. The number of fused-ring (bicyclic) bond motifs is 1. The first-order valence-corrected chi connectivity index (χ1v) is 4.48. The predicted octanol–water partition coefficient (Wildman–Crippen LogP) is 1.50. The number of hydrogen-bond acceptors (Lipinski definition) is 3. The van der Waals surface area contributed by atoms with Crippen molar-refractivity contribution in [3.05, 3.63) is 30.6 Å². The van der Waals surface area contributed by atoms with Crippen LogP contribution in [0.4, 0.5) is 4.79 Å². The molecule has 0 fully saturated rings. The summed E-state index contributed by atoms with van der Waals surface area (Å²) in [5.74, 6) is 0. The molecule has 0 bridgehead atoms. The fourth-order valence-electron chi connectivity index (χ4n) is 1.34. The Morgan fingerprint density at radius 1 is 1.47 bits per heavy atom. The van der Waals surface area contributed by atoms with Crippen LogP contribution in [0.5, 0.6) is 0 Å². The first-order chi connectivity index (χ1) is 7.24. The Bertz CT molecular complexity index is 492. The van der Waals surface area contributed by atoms with Crippen molar-refractivity contribution in [3.63, 3.8) is 0 Å². The van der Waals surface area contributed by atoms with E-state index in [2.05, 4.69) is 4.98 Å². The molecule has 1 aromatic heterocycles. The summed E-state index contributed by atoms with van der Waals surface area (Å²) in [7, 11) is 2.99. The summed E-state index contributed by atoms with van der Waals surface area (Å²) in [4.78, 5) is 20.7. The zero-order chi connectivity index (χ0) is 10.8. The number of carbonyl (C=O) groups excluding carboxylic acids is 1. The summed E-state index contributed by atoms with van der Waals surface area (Å²) in [5.41, 5.74) is 1.56. The van der Waals surface area contributed by atoms with Crippen molar-refractivity contribution in [2.75, 3.05) is 14.2 Å². The molecular weight excluding hydrogens is 194 g/mol. The van der Waals surface area contributed by atoms with Crippen LogP contribution >= 0.6 is 0 Å². The van der Waals surface area contributed by atoms with Gasteiger partial charge >= 0.3 is 6.03 Å². The van der Waals surface area contributed by atoms with Crippen LogP contribution in [0.3, 0.4) is 0 Å². The number of aromatic nitrogens is 2. The molecule has 5 heteroatoms. The van der Waals surface area contributed by atoms with E-state index >= 15 is 0 Å². The third-order valence-electron chi connectivity index (χ3n) is 2.20. The minimum absolute atomic E-state index is 0.272. The lowest BCUT2D eigenvalue weighted by Crippen LogP contribution is -2.29. The molecule has 0 aliphatic carbocycles. The van der Waals surface area contributed by atoms with Gasteiger partial charge in [0, 0.05) is 7.05 Å². The van der Waals surface area contributed by atoms with Gasteiger partial charge in [-0.1, -0.05) is 12.1 Å². The molecule has 0 radical (unpaired) electrons. The summed E-state index contributed by atoms with van der Waals surface area (Å²) < 4.78 is 1.44. The maximum atomic E-state index is 11.8. The molecule has 15 heavy (non-hydrogen) atoms. The highest BCUT2D eigenvalue weighted by Gasteiger charge is 2.13. The minimum atomic E-state index is -0.272. The van der Waals surface area contributed by atoms with Gasteiger partial charge in [0.1, 0.15) is 6.33 Å². The van der Waals surface area contributed by atoms with Crippen LogP contribution in [-0.2, 0) is 4.84 Å². The molecule has 1 heterocycles. The van der Waals surface area contributed by atoms with Gasteiger partial charge in [0.15, 0.2) is 0 Å². The Hall–Kier alpha value is -1.88. The maximum Gasteiger partial charge on any atom is 0.353 e. The Morgan fingerprint density at radius 2 is 2.20 bits per heavy atom. The second-order valence-corrected chi connectivity index (χ2v) is 3.07. The van der Waals surface area contributed by atoms with Gasteiger partial charge in [0.25, 0.3) is 0 Å². The van der Waals surface area contributed by atoms with Crippen LogP contribution < -0.4 is 0 Å². The van der Waals surface area contributed by atoms with Gasteiger partial charge < -0.3 is 0 Å². The summed E-state index contributed by atoms with van der Waals surface area (Å²) in [6.07, 6.45) is 1.49. The van der Waals surface area contributed by atoms with E-state index in [1.165, 1.54) is 18.0 Å². The molecule has 0 N–H and O–H groups in total. The Morgan fingerprint density at radius 3 is 2.93 bits per heavy atom. The molecule has 0 aliphatic heterocycles. The van der Waals surface area contributed by atoms with E-state index in [9.17, 15) is 4.79 Å². The number of hydroxylamine groups is 2. The molecule has 1 amide bonds. The fraction of sp³-hybridized carbons (Fsp3) is 0.200. The molecule has 0 saturated carbocycles. The standard InChI is InChI=1S/C10H11N3O2/c1-12(15-2)10(14)13-7-11-8-5-3-4-6-9(8)13/h3-7H,1-2H3. The fourth-order valence-corrected chi connectivity index (χ4v) is 1.34. The van der Waals surface area contributed by atoms with Gasteiger partial charge in [-0.15, -0.1) is 0 Å². The molecular formula is C10H11N3O2. The summed E-state index contributed by atoms with van der Waals surface area (Å²) in [6, 6.07) is 7.16. The van der Waals surface area contributed by atoms with Crippen molar-refractivity contribution in [3.8, 4) is 0 Å². The topological polar surface area (TPSA) is 47.4 Å². The van der Waals surface area contributed by atoms with Gasteiger partial charge in [0.2, 0.25) is 0 Å². The lowest BCUT2D eigenvalue weighted by molar-refractivity contribution is -0.0640. The van der Waals surface area contributed by atoms with Crippen LogP contribution in [-0.4, -0.2) is 34.8 Å². The molecule has 1 aromatic carbocycles. The van der Waals surface area contributed by atoms with Crippen molar-refractivity contribution < 1.29 is 9.63 Å². The molecule has 0 saturated heterocycles. The van der Waals surface area contributed by atoms with Crippen LogP contribution in [0.15, 0.2) is 30.6 Å². The number of rotatable bonds is 1. The molecule has 0 unspecified atom stereocenters. The van der Waals surface area contributed by atoms with Gasteiger partial charge in [-0.3, -0.25) is 4.84 Å². The highest BCUT2D eigenvalue weighted by Crippen LogP contribution is 2.12. The third-order valence-corrected chi connectivity index (χ3v) is 2.20. The van der Waals surface area contributed by atoms with Gasteiger partial charge in [-0.05, 0) is 12.1 Å². The number of benzene rings is 1. The smallest absolute Gasteiger partial charge is 0.273 e. The zero-order valence-corrected chi connectivity index (χ0v) is 8.54. The number of carbonyl (C=O) groups is 1. The van der Waals surface area contributed by atoms with Crippen molar-refractivity contribution in [2.45, 2.75) is 0 Å². The second-order valence-electron chi connectivity index (χ2n) is 3.07. The Kier molecular flexibility index (Phi) is 2.39. The van der Waals surface area contributed by atoms with E-state index in [0.29, 0.717) is 0 Å². The van der Waals surface area contributed by atoms with Crippen LogP contribution in [0.2, 0.25) is 0 Å². The Labute approximate surface area is 86.8 Å². The average molecular weight is 205 g/mol. The molecule has 0 spiro atoms. The summed E-state index contributed by atoms with van der Waals surface area (Å²) in [5, 5.41) is 1.15. The third kappa shape index (κ3) is 1.57. The maximum absolute atomic E-state index is 11.8. The highest BCUT2D eigenvalue weighted by atomic mass is 16.7. The summed E-state index contributed by atoms with van der Waals surface area (Å²) >= 11 is 0. The quantitative estimate of drug-likeness (QED) is 0.663. The second kappa shape index (κ2) is 3.70. The molecule has 5 nitrogen and oxygen atoms in total. The Balaban J connectivity index is 2.48. The average Bonchev–Trinajstić information content (AvgIpc) is 2.70. The van der Waals surface area contributed by atoms with Crippen LogP contribution in [0.1, 0.15) is 0 Å². The molecule has 2 aromatic rings. The van der Waals surface area contributed by atoms with Crippen molar-refractivity contribution in [1.29, 1.82) is 0 Å². The lowest BCUT2D eigenvalue weighted by atomic mass is 10.3. The monoisotopic (exact) mass is 205 g/mol. The normalized spacial score (nSPS) is 10.5. The number of para-hydroxylation sites is 2. The zero-order valence-electron chi connectivity index (χ0n) is 8.54. The molecule has 2 rings (SSSR count). The van der Waals surface area contributed by atoms with Gasteiger partial charge in [-0.25, -0.2) is 19.4 Å². The highest BCUT2D eigenvalue weighted by molar-refractivity contribution is 5.88. The van der Waals surface area contributed by atoms with Gasteiger partial charge in [0.05, 0.1) is 18.1 Å². The number of amides is 1. The number of nitrogens with zero attached hydrogens (tertiary/aromatic N) is 3. The van der Waals surface area contributed by atoms with E-state index in [1.54, 1.807) is 7.05 Å². The minimum Gasteiger partial charge on any atom is -0.273 e. The number of imidazole rings is 1. The van der Waals surface area contributed by atoms with E-state index < -0.39 is 0 Å². The van der Waals surface area contributed by atoms with Crippen LogP contribution in [0, 0.1) is 0 Å². The first kappa shape index (κ1) is 9.67. The predicted molar refractivity (Wildman–Crippen MR) is 55.3 cm³/mol. The lowest BCUT2D eigenvalue weighted by Gasteiger charge is -2.13. The van der Waals surface area contributed by atoms with Crippen LogP contribution in [0.25, 0.3) is 11.0 Å². The van der Waals surface area contributed by atoms with E-state index in [4.69, 9.17) is 4.84 Å². The van der Waals surface area contributed by atoms with Crippen molar-refractivity contribution >= 4 is 17.1 Å². The van der Waals surface area contributed by atoms with Crippen molar-refractivity contribution in [1.82, 2.24) is 14.6 Å². The molecule has 78 valence electrons. The summed E-state index contributed by atoms with van der Waals surface area (Å²) in [6.45, 7) is 0. The number of hydrogen-bond donors (Lipinski definition) is 0. The van der Waals surface area contributed by atoms with Crippen molar-refractivity contribution in [2.24, 2.45) is 0 Å².